The first-order chi connectivity index (χ1) is 9.74. The summed E-state index contributed by atoms with van der Waals surface area (Å²) in [6.45, 7) is 2.20. The van der Waals surface area contributed by atoms with Crippen molar-refractivity contribution in [2.45, 2.75) is 19.1 Å². The normalized spacial score (nSPS) is 18.4. The maximum Gasteiger partial charge on any atom is 0.263 e. The van der Waals surface area contributed by atoms with Gasteiger partial charge in [0.15, 0.2) is 11.9 Å². The second-order valence-electron chi connectivity index (χ2n) is 4.48. The van der Waals surface area contributed by atoms with Crippen molar-refractivity contribution < 1.29 is 9.53 Å². The molecule has 1 aromatic heterocycles. The SMILES string of the molecule is CC(NC(=O)C1CNc2ccccc2O1)c1nn[nH]n1. The van der Waals surface area contributed by atoms with Crippen LogP contribution >= 0.6 is 0 Å². The molecule has 1 amide bonds. The largest absolute Gasteiger partial charge is 0.477 e. The fraction of sp³-hybridized carbons (Fsp3) is 0.333. The Morgan fingerprint density at radius 2 is 2.35 bits per heavy atom. The highest BCUT2D eigenvalue weighted by Gasteiger charge is 2.27. The molecule has 2 aromatic rings. The molecule has 0 bridgehead atoms. The molecule has 0 saturated carbocycles. The Labute approximate surface area is 114 Å². The molecule has 1 aliphatic heterocycles. The highest BCUT2D eigenvalue weighted by Crippen LogP contribution is 2.28. The first-order valence-electron chi connectivity index (χ1n) is 6.27. The van der Waals surface area contributed by atoms with Gasteiger partial charge in [0.1, 0.15) is 5.75 Å². The van der Waals surface area contributed by atoms with Crippen molar-refractivity contribution in [3.8, 4) is 5.75 Å². The molecular weight excluding hydrogens is 260 g/mol. The zero-order valence-electron chi connectivity index (χ0n) is 10.8. The zero-order valence-corrected chi connectivity index (χ0v) is 10.8. The van der Waals surface area contributed by atoms with E-state index < -0.39 is 6.10 Å². The van der Waals surface area contributed by atoms with Crippen LogP contribution in [0.3, 0.4) is 0 Å². The molecule has 1 aliphatic rings. The van der Waals surface area contributed by atoms with Crippen LogP contribution in [-0.4, -0.2) is 39.2 Å². The number of hydrogen-bond donors (Lipinski definition) is 3. The first-order valence-corrected chi connectivity index (χ1v) is 6.27. The number of ether oxygens (including phenoxy) is 1. The van der Waals surface area contributed by atoms with Crippen molar-refractivity contribution in [2.24, 2.45) is 0 Å². The van der Waals surface area contributed by atoms with Crippen LogP contribution in [0.4, 0.5) is 5.69 Å². The molecule has 3 rings (SSSR count). The fourth-order valence-electron chi connectivity index (χ4n) is 1.98. The molecule has 8 heteroatoms. The molecule has 3 N–H and O–H groups in total. The number of para-hydroxylation sites is 2. The molecule has 2 atom stereocenters. The van der Waals surface area contributed by atoms with Crippen LogP contribution in [0, 0.1) is 0 Å². The van der Waals surface area contributed by atoms with Gasteiger partial charge in [-0.3, -0.25) is 4.79 Å². The lowest BCUT2D eigenvalue weighted by molar-refractivity contribution is -0.128. The number of amides is 1. The number of rotatable bonds is 3. The number of tetrazole rings is 1. The van der Waals surface area contributed by atoms with E-state index in [1.807, 2.05) is 24.3 Å². The Bertz CT molecular complexity index is 600. The van der Waals surface area contributed by atoms with Crippen molar-refractivity contribution in [3.05, 3.63) is 30.1 Å². The second-order valence-corrected chi connectivity index (χ2v) is 4.48. The highest BCUT2D eigenvalue weighted by atomic mass is 16.5. The van der Waals surface area contributed by atoms with Gasteiger partial charge in [-0.1, -0.05) is 17.3 Å². The summed E-state index contributed by atoms with van der Waals surface area (Å²) in [5.74, 6) is 0.887. The van der Waals surface area contributed by atoms with Crippen molar-refractivity contribution in [2.75, 3.05) is 11.9 Å². The van der Waals surface area contributed by atoms with Crippen molar-refractivity contribution in [1.82, 2.24) is 25.9 Å². The van der Waals surface area contributed by atoms with Gasteiger partial charge in [0, 0.05) is 0 Å². The number of fused-ring (bicyclic) bond motifs is 1. The van der Waals surface area contributed by atoms with Gasteiger partial charge in [0.25, 0.3) is 5.91 Å². The minimum atomic E-state index is -0.584. The van der Waals surface area contributed by atoms with Gasteiger partial charge in [-0.25, -0.2) is 0 Å². The number of aromatic nitrogens is 4. The third kappa shape index (κ3) is 2.40. The molecule has 2 heterocycles. The predicted octanol–water partition coefficient (Wildman–Crippen LogP) is 0.250. The third-order valence-corrected chi connectivity index (χ3v) is 3.03. The van der Waals surface area contributed by atoms with E-state index in [2.05, 4.69) is 31.3 Å². The summed E-state index contributed by atoms with van der Waals surface area (Å²) in [6, 6.07) is 7.17. The van der Waals surface area contributed by atoms with Crippen molar-refractivity contribution in [1.29, 1.82) is 0 Å². The Hall–Kier alpha value is -2.64. The molecule has 0 saturated heterocycles. The van der Waals surface area contributed by atoms with Crippen LogP contribution in [0.1, 0.15) is 18.8 Å². The molecule has 0 spiro atoms. The van der Waals surface area contributed by atoms with Crippen LogP contribution in [0.25, 0.3) is 0 Å². The third-order valence-electron chi connectivity index (χ3n) is 3.03. The van der Waals surface area contributed by atoms with Crippen molar-refractivity contribution >= 4 is 11.6 Å². The summed E-state index contributed by atoms with van der Waals surface area (Å²) in [5.41, 5.74) is 0.891. The molecule has 20 heavy (non-hydrogen) atoms. The number of H-pyrrole nitrogens is 1. The minimum absolute atomic E-state index is 0.218. The van der Waals surface area contributed by atoms with Crippen LogP contribution < -0.4 is 15.4 Å². The molecule has 0 fully saturated rings. The van der Waals surface area contributed by atoms with E-state index in [1.54, 1.807) is 6.92 Å². The lowest BCUT2D eigenvalue weighted by Gasteiger charge is -2.27. The van der Waals surface area contributed by atoms with Gasteiger partial charge in [-0.05, 0) is 19.1 Å². The zero-order chi connectivity index (χ0) is 13.9. The van der Waals surface area contributed by atoms with Crippen LogP contribution in [0.2, 0.25) is 0 Å². The summed E-state index contributed by atoms with van der Waals surface area (Å²) >= 11 is 0. The molecule has 0 aliphatic carbocycles. The average molecular weight is 274 g/mol. The summed E-state index contributed by atoms with van der Waals surface area (Å²) in [5, 5.41) is 19.4. The fourth-order valence-corrected chi connectivity index (χ4v) is 1.98. The number of carbonyl (C=O) groups excluding carboxylic acids is 1. The summed E-state index contributed by atoms with van der Waals surface area (Å²) in [4.78, 5) is 12.2. The van der Waals surface area contributed by atoms with Crippen LogP contribution in [-0.2, 0) is 4.79 Å². The quantitative estimate of drug-likeness (QED) is 0.741. The summed E-state index contributed by atoms with van der Waals surface area (Å²) in [6.07, 6.45) is -0.584. The standard InChI is InChI=1S/C12H14N6O2/c1-7(11-15-17-18-16-11)14-12(19)10-6-13-8-4-2-3-5-9(8)20-10/h2-5,7,10,13H,6H2,1H3,(H,14,19)(H,15,16,17,18). The van der Waals surface area contributed by atoms with Gasteiger partial charge in [-0.2, -0.15) is 5.21 Å². The number of nitrogens with one attached hydrogen (secondary N) is 3. The van der Waals surface area contributed by atoms with E-state index in [0.29, 0.717) is 18.1 Å². The number of aromatic amines is 1. The lowest BCUT2D eigenvalue weighted by Crippen LogP contribution is -2.45. The van der Waals surface area contributed by atoms with E-state index in [4.69, 9.17) is 4.74 Å². The molecule has 8 nitrogen and oxygen atoms in total. The van der Waals surface area contributed by atoms with Gasteiger partial charge in [-0.15, -0.1) is 10.2 Å². The van der Waals surface area contributed by atoms with Gasteiger partial charge < -0.3 is 15.4 Å². The number of benzene rings is 1. The summed E-state index contributed by atoms with van der Waals surface area (Å²) < 4.78 is 5.67. The topological polar surface area (TPSA) is 105 Å². The van der Waals surface area contributed by atoms with E-state index >= 15 is 0 Å². The molecule has 1 aromatic carbocycles. The van der Waals surface area contributed by atoms with Gasteiger partial charge >= 0.3 is 0 Å². The number of hydrogen-bond acceptors (Lipinski definition) is 6. The highest BCUT2D eigenvalue weighted by molar-refractivity contribution is 5.83. The predicted molar refractivity (Wildman–Crippen MR) is 70.1 cm³/mol. The van der Waals surface area contributed by atoms with E-state index in [9.17, 15) is 4.79 Å². The van der Waals surface area contributed by atoms with E-state index in [0.717, 1.165) is 5.69 Å². The van der Waals surface area contributed by atoms with Crippen LogP contribution in [0.5, 0.6) is 5.75 Å². The van der Waals surface area contributed by atoms with E-state index in [-0.39, 0.29) is 11.9 Å². The summed E-state index contributed by atoms with van der Waals surface area (Å²) in [7, 11) is 0. The Balaban J connectivity index is 1.64. The van der Waals surface area contributed by atoms with Crippen molar-refractivity contribution in [3.63, 3.8) is 0 Å². The number of carbonyl (C=O) groups is 1. The van der Waals surface area contributed by atoms with Gasteiger partial charge in [0.05, 0.1) is 18.3 Å². The minimum Gasteiger partial charge on any atom is -0.477 e. The Kier molecular flexibility index (Phi) is 3.20. The molecule has 104 valence electrons. The maximum atomic E-state index is 12.2. The Morgan fingerprint density at radius 1 is 1.50 bits per heavy atom. The Morgan fingerprint density at radius 3 is 3.15 bits per heavy atom. The maximum absolute atomic E-state index is 12.2. The van der Waals surface area contributed by atoms with Crippen LogP contribution in [0.15, 0.2) is 24.3 Å². The van der Waals surface area contributed by atoms with E-state index in [1.165, 1.54) is 0 Å². The van der Waals surface area contributed by atoms with Gasteiger partial charge in [0.2, 0.25) is 0 Å². The second kappa shape index (κ2) is 5.16. The molecule has 2 unspecified atom stereocenters. The molecular formula is C12H14N6O2. The lowest BCUT2D eigenvalue weighted by atomic mass is 10.2. The number of anilines is 1. The smallest absolute Gasteiger partial charge is 0.263 e. The average Bonchev–Trinajstić information content (AvgIpc) is 3.01. The number of nitrogens with zero attached hydrogens (tertiary/aromatic N) is 3. The first kappa shape index (κ1) is 12.4. The monoisotopic (exact) mass is 274 g/mol. The molecule has 0 radical (unpaired) electrons.